The molecule has 3 N–H and O–H groups in total. The number of carbonyl (C=O) groups is 4. The predicted molar refractivity (Wildman–Crippen MR) is 110 cm³/mol. The van der Waals surface area contributed by atoms with Crippen LogP contribution in [0, 0.1) is 29.6 Å². The molecule has 2 heterocycles. The van der Waals surface area contributed by atoms with Crippen LogP contribution in [0.25, 0.3) is 10.8 Å². The number of phenolic OH excluding ortho intramolecular Hbond substituents is 1. The van der Waals surface area contributed by atoms with Crippen LogP contribution in [0.5, 0.6) is 5.75 Å². The van der Waals surface area contributed by atoms with Gasteiger partial charge in [-0.1, -0.05) is 42.0 Å². The molecule has 0 bridgehead atoms. The van der Waals surface area contributed by atoms with Crippen LogP contribution in [0.2, 0.25) is 0 Å². The maximum absolute atomic E-state index is 13.0. The Morgan fingerprint density at radius 2 is 1.36 bits per heavy atom. The number of nitrogens with zero attached hydrogens (tertiary/aromatic N) is 2. The van der Waals surface area contributed by atoms with E-state index in [4.69, 9.17) is 0 Å². The van der Waals surface area contributed by atoms with Gasteiger partial charge in [-0.15, -0.1) is 0 Å². The van der Waals surface area contributed by atoms with Crippen LogP contribution in [0.15, 0.2) is 48.0 Å². The molecule has 0 aromatic heterocycles. The summed E-state index contributed by atoms with van der Waals surface area (Å²) in [5.74, 6) is -7.18. The molecule has 168 valence electrons. The molecular weight excluding hydrogens is 428 g/mol. The Morgan fingerprint density at radius 3 is 2.09 bits per heavy atom. The molecule has 3 fully saturated rings. The first-order valence-corrected chi connectivity index (χ1v) is 10.8. The number of carbonyl (C=O) groups excluding carboxylic acids is 4. The first kappa shape index (κ1) is 20.1. The molecule has 9 nitrogen and oxygen atoms in total. The molecule has 4 amide bonds. The summed E-state index contributed by atoms with van der Waals surface area (Å²) in [6.45, 7) is 0. The van der Waals surface area contributed by atoms with Gasteiger partial charge in [-0.3, -0.25) is 29.6 Å². The minimum Gasteiger partial charge on any atom is -0.507 e. The van der Waals surface area contributed by atoms with Gasteiger partial charge in [0.15, 0.2) is 0 Å². The van der Waals surface area contributed by atoms with Gasteiger partial charge >= 0.3 is 0 Å². The van der Waals surface area contributed by atoms with E-state index >= 15 is 0 Å². The van der Waals surface area contributed by atoms with E-state index in [-0.39, 0.29) is 28.7 Å². The lowest BCUT2D eigenvalue weighted by Crippen LogP contribution is -2.43. The number of aromatic hydroxyl groups is 1. The third kappa shape index (κ3) is 2.49. The molecule has 6 rings (SSSR count). The lowest BCUT2D eigenvalue weighted by Gasteiger charge is -2.44. The Labute approximate surface area is 187 Å². The van der Waals surface area contributed by atoms with Crippen molar-refractivity contribution in [2.75, 3.05) is 0 Å². The molecule has 2 aromatic carbocycles. The smallest absolute Gasteiger partial charge is 0.258 e. The van der Waals surface area contributed by atoms with Gasteiger partial charge in [-0.05, 0) is 35.8 Å². The monoisotopic (exact) mass is 448 g/mol. The molecule has 9 heteroatoms. The lowest BCUT2D eigenvalue weighted by atomic mass is 9.57. The van der Waals surface area contributed by atoms with Gasteiger partial charge in [0.1, 0.15) is 5.75 Å². The molecule has 0 radical (unpaired) electrons. The Hall–Kier alpha value is -3.56. The zero-order valence-corrected chi connectivity index (χ0v) is 17.3. The molecule has 0 spiro atoms. The van der Waals surface area contributed by atoms with Crippen molar-refractivity contribution in [1.29, 1.82) is 0 Å². The van der Waals surface area contributed by atoms with Crippen molar-refractivity contribution in [3.05, 3.63) is 53.6 Å². The van der Waals surface area contributed by atoms with Crippen molar-refractivity contribution in [3.63, 3.8) is 0 Å². The van der Waals surface area contributed by atoms with E-state index in [2.05, 4.69) is 0 Å². The fraction of sp³-hybridized carbons (Fsp3) is 0.333. The third-order valence-electron chi connectivity index (χ3n) is 7.87. The standard InChI is InChI=1S/C24H20N2O7/c27-17-8-7-12(10-3-1-2-4-11(10)17)18-13-5-6-14-19(23(30)25(32)21(14)28)15(13)9-16-20(18)24(31)26(33)22(16)29/h1-5,7-8,14-16,18-20,27,32-33H,6,9H2. The van der Waals surface area contributed by atoms with Crippen LogP contribution < -0.4 is 0 Å². The van der Waals surface area contributed by atoms with E-state index in [1.165, 1.54) is 6.07 Å². The van der Waals surface area contributed by atoms with Gasteiger partial charge in [0, 0.05) is 11.3 Å². The van der Waals surface area contributed by atoms with Crippen molar-refractivity contribution < 1.29 is 34.7 Å². The topological polar surface area (TPSA) is 135 Å². The van der Waals surface area contributed by atoms with E-state index in [1.807, 2.05) is 12.1 Å². The highest BCUT2D eigenvalue weighted by molar-refractivity contribution is 6.07. The van der Waals surface area contributed by atoms with Crippen LogP contribution in [0.1, 0.15) is 24.3 Å². The summed E-state index contributed by atoms with van der Waals surface area (Å²) in [6, 6.07) is 10.4. The van der Waals surface area contributed by atoms with Crippen molar-refractivity contribution in [1.82, 2.24) is 10.1 Å². The zero-order chi connectivity index (χ0) is 23.2. The first-order chi connectivity index (χ1) is 15.8. The van der Waals surface area contributed by atoms with Crippen molar-refractivity contribution in [2.45, 2.75) is 18.8 Å². The first-order valence-electron chi connectivity index (χ1n) is 10.8. The van der Waals surface area contributed by atoms with Gasteiger partial charge in [0.25, 0.3) is 23.6 Å². The van der Waals surface area contributed by atoms with E-state index in [0.29, 0.717) is 16.3 Å². The number of imide groups is 2. The number of amides is 4. The maximum Gasteiger partial charge on any atom is 0.258 e. The minimum atomic E-state index is -0.869. The summed E-state index contributed by atoms with van der Waals surface area (Å²) >= 11 is 0. The number of phenols is 1. The fourth-order valence-corrected chi connectivity index (χ4v) is 6.48. The predicted octanol–water partition coefficient (Wildman–Crippen LogP) is 1.96. The molecule has 6 atom stereocenters. The summed E-state index contributed by atoms with van der Waals surface area (Å²) < 4.78 is 0. The van der Waals surface area contributed by atoms with Crippen LogP contribution in [0.4, 0.5) is 0 Å². The molecule has 4 aliphatic rings. The highest BCUT2D eigenvalue weighted by Crippen LogP contribution is 2.58. The average molecular weight is 448 g/mol. The highest BCUT2D eigenvalue weighted by atomic mass is 16.5. The summed E-state index contributed by atoms with van der Waals surface area (Å²) in [5, 5.41) is 32.1. The lowest BCUT2D eigenvalue weighted by molar-refractivity contribution is -0.174. The number of hydroxylamine groups is 4. The van der Waals surface area contributed by atoms with Crippen molar-refractivity contribution in [2.24, 2.45) is 29.6 Å². The summed E-state index contributed by atoms with van der Waals surface area (Å²) in [6.07, 6.45) is 2.20. The molecule has 2 saturated heterocycles. The van der Waals surface area contributed by atoms with E-state index in [9.17, 15) is 34.7 Å². The molecule has 1 saturated carbocycles. The average Bonchev–Trinajstić information content (AvgIpc) is 3.18. The van der Waals surface area contributed by atoms with E-state index < -0.39 is 59.1 Å². The molecular formula is C24H20N2O7. The molecule has 2 aliphatic carbocycles. The van der Waals surface area contributed by atoms with E-state index in [1.54, 1.807) is 24.3 Å². The van der Waals surface area contributed by atoms with Crippen molar-refractivity contribution in [3.8, 4) is 5.75 Å². The number of hydrogen-bond donors (Lipinski definition) is 3. The van der Waals surface area contributed by atoms with Gasteiger partial charge in [-0.25, -0.2) is 0 Å². The van der Waals surface area contributed by atoms with E-state index in [0.717, 1.165) is 5.57 Å². The van der Waals surface area contributed by atoms with Crippen LogP contribution in [-0.2, 0) is 19.2 Å². The Bertz CT molecular complexity index is 1300. The minimum absolute atomic E-state index is 0.0704. The second kappa shape index (κ2) is 6.72. The quantitative estimate of drug-likeness (QED) is 0.345. The van der Waals surface area contributed by atoms with Gasteiger partial charge < -0.3 is 5.11 Å². The number of allylic oxidation sites excluding steroid dienone is 2. The normalized spacial score (nSPS) is 33.3. The maximum atomic E-state index is 13.0. The molecule has 2 aliphatic heterocycles. The van der Waals surface area contributed by atoms with Crippen LogP contribution in [-0.4, -0.2) is 49.3 Å². The SMILES string of the molecule is O=C1C2CC=C3C(CC4C(=O)N(O)C(=O)C4C3c3ccc(O)c4ccccc34)C2C(=O)N1O. The second-order valence-electron chi connectivity index (χ2n) is 9.22. The van der Waals surface area contributed by atoms with Crippen molar-refractivity contribution >= 4 is 34.4 Å². The molecule has 33 heavy (non-hydrogen) atoms. The summed E-state index contributed by atoms with van der Waals surface area (Å²) in [4.78, 5) is 51.0. The Balaban J connectivity index is 1.58. The number of fused-ring (bicyclic) bond motifs is 5. The largest absolute Gasteiger partial charge is 0.507 e. The Kier molecular flexibility index (Phi) is 4.09. The number of benzene rings is 2. The fourth-order valence-electron chi connectivity index (χ4n) is 6.48. The van der Waals surface area contributed by atoms with Gasteiger partial charge in [0.2, 0.25) is 0 Å². The third-order valence-corrected chi connectivity index (χ3v) is 7.87. The molecule has 2 aromatic rings. The summed E-state index contributed by atoms with van der Waals surface area (Å²) in [7, 11) is 0. The number of hydrogen-bond acceptors (Lipinski definition) is 7. The second-order valence-corrected chi connectivity index (χ2v) is 9.22. The Morgan fingerprint density at radius 1 is 0.727 bits per heavy atom. The van der Waals surface area contributed by atoms with Gasteiger partial charge in [-0.2, -0.15) is 10.1 Å². The molecule has 6 unspecified atom stereocenters. The number of rotatable bonds is 1. The highest BCUT2D eigenvalue weighted by Gasteiger charge is 2.62. The van der Waals surface area contributed by atoms with Crippen LogP contribution in [0.3, 0.4) is 0 Å². The van der Waals surface area contributed by atoms with Gasteiger partial charge in [0.05, 0.1) is 23.7 Å². The summed E-state index contributed by atoms with van der Waals surface area (Å²) in [5.41, 5.74) is 1.45. The zero-order valence-electron chi connectivity index (χ0n) is 17.3. The van der Waals surface area contributed by atoms with Crippen LogP contribution >= 0.6 is 0 Å².